The number of rotatable bonds is 3. The van der Waals surface area contributed by atoms with Gasteiger partial charge in [-0.05, 0) is 48.9 Å². The number of likely N-dealkylation sites (tertiary alicyclic amines) is 1. The van der Waals surface area contributed by atoms with Crippen molar-refractivity contribution in [2.75, 3.05) is 31.6 Å². The minimum Gasteiger partial charge on any atom is -0.349 e. The number of carbonyl (C=O) groups is 2. The van der Waals surface area contributed by atoms with Crippen molar-refractivity contribution >= 4 is 28.4 Å². The van der Waals surface area contributed by atoms with Crippen LogP contribution in [0, 0.1) is 5.92 Å². The fourth-order valence-electron chi connectivity index (χ4n) is 6.17. The van der Waals surface area contributed by atoms with Gasteiger partial charge >= 0.3 is 0 Å². The average Bonchev–Trinajstić information content (AvgIpc) is 3.19. The maximum absolute atomic E-state index is 13.5. The van der Waals surface area contributed by atoms with Crippen molar-refractivity contribution in [3.05, 3.63) is 65.4 Å². The van der Waals surface area contributed by atoms with Gasteiger partial charge < -0.3 is 19.3 Å². The van der Waals surface area contributed by atoms with Gasteiger partial charge in [0, 0.05) is 50.6 Å². The summed E-state index contributed by atoms with van der Waals surface area (Å²) in [6.45, 7) is 5.35. The Morgan fingerprint density at radius 2 is 1.74 bits per heavy atom. The van der Waals surface area contributed by atoms with Crippen LogP contribution in [0.4, 0.5) is 5.69 Å². The molecule has 3 aliphatic heterocycles. The van der Waals surface area contributed by atoms with Crippen LogP contribution in [0.5, 0.6) is 0 Å². The average molecular weight is 457 g/mol. The molecule has 6 heteroatoms. The molecule has 1 aromatic heterocycles. The van der Waals surface area contributed by atoms with E-state index < -0.39 is 0 Å². The van der Waals surface area contributed by atoms with Crippen LogP contribution < -0.4 is 4.90 Å². The summed E-state index contributed by atoms with van der Waals surface area (Å²) in [6.07, 6.45) is 3.34. The zero-order valence-corrected chi connectivity index (χ0v) is 20.0. The van der Waals surface area contributed by atoms with E-state index in [2.05, 4.69) is 47.7 Å². The van der Waals surface area contributed by atoms with Crippen molar-refractivity contribution in [2.45, 2.75) is 45.3 Å². The van der Waals surface area contributed by atoms with E-state index >= 15 is 0 Å². The van der Waals surface area contributed by atoms with Crippen molar-refractivity contribution in [3.63, 3.8) is 0 Å². The molecule has 0 bridgehead atoms. The number of para-hydroxylation sites is 2. The number of aromatic nitrogens is 1. The van der Waals surface area contributed by atoms with Crippen molar-refractivity contribution in [1.82, 2.24) is 14.4 Å². The number of amides is 2. The van der Waals surface area contributed by atoms with Gasteiger partial charge in [0.2, 0.25) is 5.91 Å². The van der Waals surface area contributed by atoms with Gasteiger partial charge in [-0.1, -0.05) is 37.3 Å². The molecule has 6 rings (SSSR count). The van der Waals surface area contributed by atoms with Gasteiger partial charge in [0.25, 0.3) is 5.91 Å². The molecule has 2 amide bonds. The Balaban J connectivity index is 1.39. The molecule has 1 fully saturated rings. The standard InChI is InChI=1S/C28H32N4O2/c1-19-11-15-30(16-12-19)25(33)14-18-31-24-10-6-3-7-20(24)21-13-17-32-27(26(21)31)29(2)23-9-5-4-8-22(23)28(32)34/h3-10,19,27H,11-18H2,1-2H3. The second-order valence-electron chi connectivity index (χ2n) is 10.1. The molecule has 4 heterocycles. The van der Waals surface area contributed by atoms with Crippen molar-refractivity contribution in [2.24, 2.45) is 5.92 Å². The molecular formula is C28H32N4O2. The zero-order chi connectivity index (χ0) is 23.4. The molecule has 3 aromatic rings. The topological polar surface area (TPSA) is 48.8 Å². The largest absolute Gasteiger partial charge is 0.349 e. The summed E-state index contributed by atoms with van der Waals surface area (Å²) in [7, 11) is 2.08. The van der Waals surface area contributed by atoms with Crippen LogP contribution in [0.25, 0.3) is 10.9 Å². The molecule has 0 saturated carbocycles. The van der Waals surface area contributed by atoms with Crippen LogP contribution in [0.2, 0.25) is 0 Å². The highest BCUT2D eigenvalue weighted by atomic mass is 16.2. The first-order valence-electron chi connectivity index (χ1n) is 12.5. The number of fused-ring (bicyclic) bond motifs is 6. The van der Waals surface area contributed by atoms with Crippen molar-refractivity contribution in [3.8, 4) is 0 Å². The first-order valence-corrected chi connectivity index (χ1v) is 12.5. The highest BCUT2D eigenvalue weighted by molar-refractivity contribution is 6.02. The number of hydrogen-bond donors (Lipinski definition) is 0. The third-order valence-corrected chi connectivity index (χ3v) is 8.09. The summed E-state index contributed by atoms with van der Waals surface area (Å²) in [5, 5.41) is 1.25. The first-order chi connectivity index (χ1) is 16.5. The Hall–Kier alpha value is -3.28. The van der Waals surface area contributed by atoms with E-state index in [-0.39, 0.29) is 18.0 Å². The van der Waals surface area contributed by atoms with Gasteiger partial charge in [-0.15, -0.1) is 0 Å². The van der Waals surface area contributed by atoms with Gasteiger partial charge in [-0.2, -0.15) is 0 Å². The van der Waals surface area contributed by atoms with E-state index in [4.69, 9.17) is 0 Å². The normalized spacial score (nSPS) is 20.4. The monoisotopic (exact) mass is 456 g/mol. The predicted molar refractivity (Wildman–Crippen MR) is 134 cm³/mol. The fourth-order valence-corrected chi connectivity index (χ4v) is 6.17. The van der Waals surface area contributed by atoms with Gasteiger partial charge in [0.15, 0.2) is 0 Å². The number of piperidine rings is 1. The number of aryl methyl sites for hydroxylation is 1. The Bertz CT molecular complexity index is 1270. The van der Waals surface area contributed by atoms with Gasteiger partial charge in [-0.25, -0.2) is 0 Å². The lowest BCUT2D eigenvalue weighted by molar-refractivity contribution is -0.132. The Morgan fingerprint density at radius 3 is 2.56 bits per heavy atom. The van der Waals surface area contributed by atoms with E-state index in [1.165, 1.54) is 10.9 Å². The van der Waals surface area contributed by atoms with Gasteiger partial charge in [-0.3, -0.25) is 9.59 Å². The molecule has 0 radical (unpaired) electrons. The van der Waals surface area contributed by atoms with E-state index in [9.17, 15) is 9.59 Å². The molecule has 34 heavy (non-hydrogen) atoms. The molecule has 1 atom stereocenters. The van der Waals surface area contributed by atoms with Crippen molar-refractivity contribution in [1.29, 1.82) is 0 Å². The Kier molecular flexibility index (Phi) is 5.12. The molecule has 2 aromatic carbocycles. The van der Waals surface area contributed by atoms with Crippen LogP contribution in [-0.4, -0.2) is 52.9 Å². The quantitative estimate of drug-likeness (QED) is 0.586. The highest BCUT2D eigenvalue weighted by Crippen LogP contribution is 2.44. The Labute approximate surface area is 200 Å². The first kappa shape index (κ1) is 21.3. The minimum absolute atomic E-state index is 0.0969. The van der Waals surface area contributed by atoms with Gasteiger partial charge in [0.1, 0.15) is 6.17 Å². The number of carbonyl (C=O) groups excluding carboxylic acids is 2. The molecule has 1 unspecified atom stereocenters. The highest BCUT2D eigenvalue weighted by Gasteiger charge is 2.42. The van der Waals surface area contributed by atoms with Crippen LogP contribution >= 0.6 is 0 Å². The maximum atomic E-state index is 13.5. The summed E-state index contributed by atoms with van der Waals surface area (Å²) >= 11 is 0. The lowest BCUT2D eigenvalue weighted by Gasteiger charge is -2.46. The SMILES string of the molecule is CC1CCN(C(=O)CCn2c3c(c4ccccc42)CCN2C(=O)c4ccccc4N(C)C32)CC1. The molecular weight excluding hydrogens is 424 g/mol. The second-order valence-corrected chi connectivity index (χ2v) is 10.1. The summed E-state index contributed by atoms with van der Waals surface area (Å²) in [6, 6.07) is 16.4. The molecule has 6 nitrogen and oxygen atoms in total. The third-order valence-electron chi connectivity index (χ3n) is 8.09. The van der Waals surface area contributed by atoms with Crippen LogP contribution in [0.1, 0.15) is 54.0 Å². The summed E-state index contributed by atoms with van der Waals surface area (Å²) in [4.78, 5) is 32.8. The Morgan fingerprint density at radius 1 is 1.00 bits per heavy atom. The third kappa shape index (κ3) is 3.23. The molecule has 0 aliphatic carbocycles. The lowest BCUT2D eigenvalue weighted by atomic mass is 9.96. The molecule has 1 saturated heterocycles. The van der Waals surface area contributed by atoms with Gasteiger partial charge in [0.05, 0.1) is 16.9 Å². The fraction of sp³-hybridized carbons (Fsp3) is 0.429. The van der Waals surface area contributed by atoms with E-state index in [1.807, 2.05) is 34.1 Å². The van der Waals surface area contributed by atoms with Crippen molar-refractivity contribution < 1.29 is 9.59 Å². The molecule has 176 valence electrons. The minimum atomic E-state index is -0.163. The van der Waals surface area contributed by atoms with Crippen LogP contribution in [0.3, 0.4) is 0 Å². The van der Waals surface area contributed by atoms with E-state index in [0.29, 0.717) is 25.4 Å². The summed E-state index contributed by atoms with van der Waals surface area (Å²) in [5.41, 5.74) is 5.38. The second kappa shape index (κ2) is 8.19. The molecule has 0 N–H and O–H groups in total. The van der Waals surface area contributed by atoms with E-state index in [1.54, 1.807) is 0 Å². The number of hydrogen-bond acceptors (Lipinski definition) is 3. The summed E-state index contributed by atoms with van der Waals surface area (Å²) < 4.78 is 2.32. The molecule has 0 spiro atoms. The van der Waals surface area contributed by atoms with Crippen LogP contribution in [-0.2, 0) is 17.8 Å². The number of benzene rings is 2. The summed E-state index contributed by atoms with van der Waals surface area (Å²) in [5.74, 6) is 1.04. The lowest BCUT2D eigenvalue weighted by Crippen LogP contribution is -2.51. The van der Waals surface area contributed by atoms with Crippen LogP contribution in [0.15, 0.2) is 48.5 Å². The smallest absolute Gasteiger partial charge is 0.257 e. The maximum Gasteiger partial charge on any atom is 0.257 e. The number of anilines is 1. The predicted octanol–water partition coefficient (Wildman–Crippen LogP) is 4.44. The zero-order valence-electron chi connectivity index (χ0n) is 20.0. The number of nitrogens with zero attached hydrogens (tertiary/aromatic N) is 4. The molecule has 3 aliphatic rings. The van der Waals surface area contributed by atoms with E-state index in [0.717, 1.165) is 54.8 Å².